The second-order valence-electron chi connectivity index (χ2n) is 3.85. The van der Waals surface area contributed by atoms with Crippen LogP contribution in [0.4, 0.5) is 10.3 Å². The standard InChI is InChI=1S/C12H8FN5O/c13-9-2-1-7-3-8(5-14-10(7)4-9)11(19)17-12-15-6-16-18-12/h1-6H,(H2,15,16,17,18,19). The number of hydrogen-bond donors (Lipinski definition) is 2. The van der Waals surface area contributed by atoms with Crippen LogP contribution in [0.1, 0.15) is 10.4 Å². The van der Waals surface area contributed by atoms with Gasteiger partial charge in [-0.2, -0.15) is 10.1 Å². The third-order valence-corrected chi connectivity index (χ3v) is 2.56. The molecule has 0 saturated carbocycles. The van der Waals surface area contributed by atoms with Crippen molar-refractivity contribution in [3.8, 4) is 0 Å². The first kappa shape index (κ1) is 11.3. The van der Waals surface area contributed by atoms with E-state index in [1.165, 1.54) is 24.7 Å². The fraction of sp³-hybridized carbons (Fsp3) is 0. The molecule has 0 radical (unpaired) electrons. The number of aromatic nitrogens is 4. The lowest BCUT2D eigenvalue weighted by Crippen LogP contribution is -2.13. The van der Waals surface area contributed by atoms with E-state index in [9.17, 15) is 9.18 Å². The molecule has 0 spiro atoms. The number of nitrogens with zero attached hydrogens (tertiary/aromatic N) is 3. The van der Waals surface area contributed by atoms with Crippen LogP contribution in [0.2, 0.25) is 0 Å². The van der Waals surface area contributed by atoms with Gasteiger partial charge in [-0.05, 0) is 18.2 Å². The van der Waals surface area contributed by atoms with Crippen molar-refractivity contribution in [2.75, 3.05) is 5.32 Å². The molecule has 2 aromatic heterocycles. The molecule has 94 valence electrons. The Labute approximate surface area is 106 Å². The van der Waals surface area contributed by atoms with Gasteiger partial charge in [-0.15, -0.1) is 0 Å². The van der Waals surface area contributed by atoms with Crippen molar-refractivity contribution in [1.29, 1.82) is 0 Å². The summed E-state index contributed by atoms with van der Waals surface area (Å²) < 4.78 is 13.0. The number of nitrogens with one attached hydrogen (secondary N) is 2. The summed E-state index contributed by atoms with van der Waals surface area (Å²) in [6.07, 6.45) is 2.67. The van der Waals surface area contributed by atoms with Crippen molar-refractivity contribution in [1.82, 2.24) is 20.2 Å². The maximum atomic E-state index is 13.0. The molecule has 19 heavy (non-hydrogen) atoms. The topological polar surface area (TPSA) is 83.6 Å². The summed E-state index contributed by atoms with van der Waals surface area (Å²) in [5.41, 5.74) is 0.853. The third-order valence-electron chi connectivity index (χ3n) is 2.56. The summed E-state index contributed by atoms with van der Waals surface area (Å²) in [5, 5.41) is 9.36. The first-order valence-corrected chi connectivity index (χ1v) is 5.44. The van der Waals surface area contributed by atoms with Gasteiger partial charge in [0, 0.05) is 17.6 Å². The summed E-state index contributed by atoms with van der Waals surface area (Å²) in [6, 6.07) is 5.84. The zero-order valence-corrected chi connectivity index (χ0v) is 9.59. The second-order valence-corrected chi connectivity index (χ2v) is 3.85. The van der Waals surface area contributed by atoms with E-state index in [2.05, 4.69) is 25.5 Å². The summed E-state index contributed by atoms with van der Waals surface area (Å²) >= 11 is 0. The molecule has 3 rings (SSSR count). The smallest absolute Gasteiger partial charge is 0.259 e. The Balaban J connectivity index is 1.92. The number of aromatic amines is 1. The number of hydrogen-bond acceptors (Lipinski definition) is 4. The minimum Gasteiger partial charge on any atom is -0.291 e. The number of carbonyl (C=O) groups excluding carboxylic acids is 1. The molecule has 0 saturated heterocycles. The summed E-state index contributed by atoms with van der Waals surface area (Å²) in [5.74, 6) is -0.474. The van der Waals surface area contributed by atoms with E-state index in [1.54, 1.807) is 12.1 Å². The Kier molecular flexibility index (Phi) is 2.64. The molecule has 0 aliphatic carbocycles. The average molecular weight is 257 g/mol. The Bertz CT molecular complexity index is 741. The molecule has 0 bridgehead atoms. The van der Waals surface area contributed by atoms with Crippen LogP contribution in [0.5, 0.6) is 0 Å². The third kappa shape index (κ3) is 2.25. The van der Waals surface area contributed by atoms with Gasteiger partial charge in [0.05, 0.1) is 11.1 Å². The van der Waals surface area contributed by atoms with Crippen LogP contribution >= 0.6 is 0 Å². The number of fused-ring (bicyclic) bond motifs is 1. The normalized spacial score (nSPS) is 10.6. The van der Waals surface area contributed by atoms with Gasteiger partial charge in [0.2, 0.25) is 5.95 Å². The predicted octanol–water partition coefficient (Wildman–Crippen LogP) is 1.74. The molecule has 6 nitrogen and oxygen atoms in total. The quantitative estimate of drug-likeness (QED) is 0.732. The van der Waals surface area contributed by atoms with Crippen molar-refractivity contribution in [2.24, 2.45) is 0 Å². The van der Waals surface area contributed by atoms with E-state index in [0.717, 1.165) is 0 Å². The number of halogens is 1. The summed E-state index contributed by atoms with van der Waals surface area (Å²) in [7, 11) is 0. The zero-order valence-electron chi connectivity index (χ0n) is 9.59. The van der Waals surface area contributed by atoms with Crippen molar-refractivity contribution >= 4 is 22.8 Å². The van der Waals surface area contributed by atoms with Crippen molar-refractivity contribution < 1.29 is 9.18 Å². The van der Waals surface area contributed by atoms with Gasteiger partial charge in [-0.25, -0.2) is 9.49 Å². The molecule has 0 aliphatic rings. The maximum absolute atomic E-state index is 13.0. The van der Waals surface area contributed by atoms with E-state index in [1.807, 2.05) is 0 Å². The highest BCUT2D eigenvalue weighted by molar-refractivity contribution is 6.04. The van der Waals surface area contributed by atoms with Gasteiger partial charge >= 0.3 is 0 Å². The molecule has 7 heteroatoms. The van der Waals surface area contributed by atoms with Gasteiger partial charge in [0.25, 0.3) is 5.91 Å². The molecule has 0 fully saturated rings. The Morgan fingerprint density at radius 3 is 2.95 bits per heavy atom. The number of benzene rings is 1. The molecule has 0 unspecified atom stereocenters. The highest BCUT2D eigenvalue weighted by Gasteiger charge is 2.09. The zero-order chi connectivity index (χ0) is 13.2. The molecule has 3 aromatic rings. The molecule has 0 atom stereocenters. The fourth-order valence-corrected chi connectivity index (χ4v) is 1.66. The molecule has 2 heterocycles. The monoisotopic (exact) mass is 257 g/mol. The Hall–Kier alpha value is -2.83. The van der Waals surface area contributed by atoms with Crippen LogP contribution in [0, 0.1) is 5.82 Å². The molecule has 2 N–H and O–H groups in total. The number of H-pyrrole nitrogens is 1. The number of amides is 1. The van der Waals surface area contributed by atoms with E-state index >= 15 is 0 Å². The lowest BCUT2D eigenvalue weighted by atomic mass is 10.1. The number of anilines is 1. The highest BCUT2D eigenvalue weighted by Crippen LogP contribution is 2.15. The average Bonchev–Trinajstić information content (AvgIpc) is 2.91. The number of rotatable bonds is 2. The van der Waals surface area contributed by atoms with Crippen LogP contribution in [-0.2, 0) is 0 Å². The maximum Gasteiger partial charge on any atom is 0.259 e. The lowest BCUT2D eigenvalue weighted by molar-refractivity contribution is 0.102. The first-order valence-electron chi connectivity index (χ1n) is 5.44. The van der Waals surface area contributed by atoms with Gasteiger partial charge in [0.15, 0.2) is 0 Å². The van der Waals surface area contributed by atoms with Gasteiger partial charge in [-0.1, -0.05) is 0 Å². The van der Waals surface area contributed by atoms with Gasteiger partial charge in [0.1, 0.15) is 12.1 Å². The largest absolute Gasteiger partial charge is 0.291 e. The highest BCUT2D eigenvalue weighted by atomic mass is 19.1. The van der Waals surface area contributed by atoms with E-state index in [0.29, 0.717) is 16.5 Å². The Morgan fingerprint density at radius 1 is 1.26 bits per heavy atom. The van der Waals surface area contributed by atoms with Gasteiger partial charge in [-0.3, -0.25) is 15.1 Å². The van der Waals surface area contributed by atoms with Crippen molar-refractivity contribution in [3.63, 3.8) is 0 Å². The summed E-state index contributed by atoms with van der Waals surface area (Å²) in [6.45, 7) is 0. The minimum atomic E-state index is -0.365. The molecular weight excluding hydrogens is 249 g/mol. The van der Waals surface area contributed by atoms with E-state index < -0.39 is 0 Å². The van der Waals surface area contributed by atoms with Crippen LogP contribution in [0.15, 0.2) is 36.8 Å². The minimum absolute atomic E-state index is 0.254. The van der Waals surface area contributed by atoms with E-state index in [-0.39, 0.29) is 17.7 Å². The lowest BCUT2D eigenvalue weighted by Gasteiger charge is -2.03. The fourth-order valence-electron chi connectivity index (χ4n) is 1.66. The van der Waals surface area contributed by atoms with Crippen LogP contribution < -0.4 is 5.32 Å². The molecule has 1 aromatic carbocycles. The van der Waals surface area contributed by atoms with Crippen LogP contribution in [0.25, 0.3) is 10.9 Å². The predicted molar refractivity (Wildman–Crippen MR) is 66.0 cm³/mol. The van der Waals surface area contributed by atoms with Crippen molar-refractivity contribution in [3.05, 3.63) is 48.2 Å². The molecular formula is C12H8FN5O. The number of carbonyl (C=O) groups is 1. The SMILES string of the molecule is O=C(Nc1ncn[nH]1)c1cnc2cc(F)ccc2c1. The number of pyridine rings is 1. The van der Waals surface area contributed by atoms with Crippen LogP contribution in [0.3, 0.4) is 0 Å². The van der Waals surface area contributed by atoms with Crippen LogP contribution in [-0.4, -0.2) is 26.1 Å². The summed E-state index contributed by atoms with van der Waals surface area (Å²) in [4.78, 5) is 19.7. The van der Waals surface area contributed by atoms with Crippen molar-refractivity contribution in [2.45, 2.75) is 0 Å². The Morgan fingerprint density at radius 2 is 2.16 bits per heavy atom. The molecule has 1 amide bonds. The van der Waals surface area contributed by atoms with E-state index in [4.69, 9.17) is 0 Å². The molecule has 0 aliphatic heterocycles. The second kappa shape index (κ2) is 4.45. The first-order chi connectivity index (χ1) is 9.22. The van der Waals surface area contributed by atoms with Gasteiger partial charge < -0.3 is 0 Å².